The van der Waals surface area contributed by atoms with Gasteiger partial charge in [0.1, 0.15) is 0 Å². The molecule has 1 aliphatic heterocycles. The molecule has 0 aromatic carbocycles. The molecule has 1 aromatic heterocycles. The minimum Gasteiger partial charge on any atom is -0.377 e. The summed E-state index contributed by atoms with van der Waals surface area (Å²) >= 11 is 0. The second-order valence-electron chi connectivity index (χ2n) is 4.04. The molecule has 0 radical (unpaired) electrons. The van der Waals surface area contributed by atoms with E-state index < -0.39 is 0 Å². The summed E-state index contributed by atoms with van der Waals surface area (Å²) in [5, 5.41) is 0. The maximum atomic E-state index is 5.54. The van der Waals surface area contributed by atoms with Crippen LogP contribution in [0.2, 0.25) is 0 Å². The van der Waals surface area contributed by atoms with E-state index in [0.29, 0.717) is 12.6 Å². The van der Waals surface area contributed by atoms with Crippen molar-refractivity contribution in [2.45, 2.75) is 25.9 Å². The highest BCUT2D eigenvalue weighted by molar-refractivity contribution is 5.46. The standard InChI is InChI=1S/C12H19N3O/c1-2-11-9-16-6-5-15(11)12-4-3-10(7-13)14-8-12/h3-4,8,11H,2,5-7,9,13H2,1H3. The van der Waals surface area contributed by atoms with E-state index in [0.717, 1.165) is 31.9 Å². The van der Waals surface area contributed by atoms with Crippen LogP contribution in [-0.4, -0.2) is 30.8 Å². The van der Waals surface area contributed by atoms with Crippen LogP contribution < -0.4 is 10.6 Å². The molecule has 0 spiro atoms. The highest BCUT2D eigenvalue weighted by Crippen LogP contribution is 2.20. The van der Waals surface area contributed by atoms with Gasteiger partial charge in [-0.3, -0.25) is 4.98 Å². The first-order valence-electron chi connectivity index (χ1n) is 5.84. The van der Waals surface area contributed by atoms with Gasteiger partial charge in [-0.05, 0) is 18.6 Å². The molecule has 1 fully saturated rings. The maximum Gasteiger partial charge on any atom is 0.0670 e. The van der Waals surface area contributed by atoms with Gasteiger partial charge in [-0.2, -0.15) is 0 Å². The summed E-state index contributed by atoms with van der Waals surface area (Å²) in [6, 6.07) is 4.57. The van der Waals surface area contributed by atoms with Gasteiger partial charge in [0, 0.05) is 13.1 Å². The first-order chi connectivity index (χ1) is 7.85. The third-order valence-electron chi connectivity index (χ3n) is 3.05. The topological polar surface area (TPSA) is 51.4 Å². The van der Waals surface area contributed by atoms with Crippen LogP contribution >= 0.6 is 0 Å². The Kier molecular flexibility index (Phi) is 3.74. The number of aromatic nitrogens is 1. The zero-order valence-electron chi connectivity index (χ0n) is 9.72. The lowest BCUT2D eigenvalue weighted by atomic mass is 10.1. The Morgan fingerprint density at radius 2 is 2.44 bits per heavy atom. The number of rotatable bonds is 3. The van der Waals surface area contributed by atoms with Crippen molar-refractivity contribution in [1.82, 2.24) is 4.98 Å². The zero-order chi connectivity index (χ0) is 11.4. The second kappa shape index (κ2) is 5.27. The molecule has 1 aromatic rings. The van der Waals surface area contributed by atoms with Crippen LogP contribution in [0.3, 0.4) is 0 Å². The Labute approximate surface area is 96.4 Å². The molecule has 4 heteroatoms. The van der Waals surface area contributed by atoms with E-state index in [9.17, 15) is 0 Å². The number of anilines is 1. The monoisotopic (exact) mass is 221 g/mol. The van der Waals surface area contributed by atoms with Crippen LogP contribution in [0.15, 0.2) is 18.3 Å². The van der Waals surface area contributed by atoms with Gasteiger partial charge in [-0.1, -0.05) is 6.92 Å². The lowest BCUT2D eigenvalue weighted by molar-refractivity contribution is 0.0929. The minimum absolute atomic E-state index is 0.472. The van der Waals surface area contributed by atoms with Crippen LogP contribution in [0.4, 0.5) is 5.69 Å². The van der Waals surface area contributed by atoms with Crippen molar-refractivity contribution in [3.05, 3.63) is 24.0 Å². The lowest BCUT2D eigenvalue weighted by Gasteiger charge is -2.36. The predicted molar refractivity (Wildman–Crippen MR) is 64.4 cm³/mol. The predicted octanol–water partition coefficient (Wildman–Crippen LogP) is 1.16. The van der Waals surface area contributed by atoms with E-state index in [2.05, 4.69) is 22.9 Å². The quantitative estimate of drug-likeness (QED) is 0.832. The molecule has 16 heavy (non-hydrogen) atoms. The Morgan fingerprint density at radius 1 is 1.56 bits per heavy atom. The summed E-state index contributed by atoms with van der Waals surface area (Å²) in [6.45, 7) is 5.25. The summed E-state index contributed by atoms with van der Waals surface area (Å²) in [6.07, 6.45) is 3.01. The molecule has 4 nitrogen and oxygen atoms in total. The van der Waals surface area contributed by atoms with E-state index in [1.54, 1.807) is 0 Å². The normalized spacial score (nSPS) is 21.1. The van der Waals surface area contributed by atoms with Gasteiger partial charge >= 0.3 is 0 Å². The van der Waals surface area contributed by atoms with E-state index in [1.807, 2.05) is 12.3 Å². The molecule has 2 N–H and O–H groups in total. The number of nitrogens with zero attached hydrogens (tertiary/aromatic N) is 2. The molecule has 0 aliphatic carbocycles. The molecular formula is C12H19N3O. The van der Waals surface area contributed by atoms with Crippen LogP contribution in [0.1, 0.15) is 19.0 Å². The number of morpholine rings is 1. The molecule has 0 bridgehead atoms. The highest BCUT2D eigenvalue weighted by Gasteiger charge is 2.21. The fraction of sp³-hybridized carbons (Fsp3) is 0.583. The van der Waals surface area contributed by atoms with Gasteiger partial charge in [0.05, 0.1) is 36.8 Å². The lowest BCUT2D eigenvalue weighted by Crippen LogP contribution is -2.45. The fourth-order valence-corrected chi connectivity index (χ4v) is 2.04. The minimum atomic E-state index is 0.472. The fourth-order valence-electron chi connectivity index (χ4n) is 2.04. The van der Waals surface area contributed by atoms with Crippen molar-refractivity contribution in [2.24, 2.45) is 5.73 Å². The third-order valence-corrected chi connectivity index (χ3v) is 3.05. The van der Waals surface area contributed by atoms with Crippen molar-refractivity contribution in [3.8, 4) is 0 Å². The van der Waals surface area contributed by atoms with Crippen molar-refractivity contribution < 1.29 is 4.74 Å². The van der Waals surface area contributed by atoms with Gasteiger partial charge < -0.3 is 15.4 Å². The Morgan fingerprint density at radius 3 is 3.06 bits per heavy atom. The van der Waals surface area contributed by atoms with E-state index in [4.69, 9.17) is 10.5 Å². The van der Waals surface area contributed by atoms with Crippen molar-refractivity contribution in [1.29, 1.82) is 0 Å². The summed E-state index contributed by atoms with van der Waals surface area (Å²) in [4.78, 5) is 6.71. The number of nitrogens with two attached hydrogens (primary N) is 1. The van der Waals surface area contributed by atoms with Crippen molar-refractivity contribution in [3.63, 3.8) is 0 Å². The largest absolute Gasteiger partial charge is 0.377 e. The van der Waals surface area contributed by atoms with E-state index in [-0.39, 0.29) is 0 Å². The SMILES string of the molecule is CCC1COCCN1c1ccc(CN)nc1. The summed E-state index contributed by atoms with van der Waals surface area (Å²) in [7, 11) is 0. The smallest absolute Gasteiger partial charge is 0.0670 e. The van der Waals surface area contributed by atoms with Crippen LogP contribution in [0.5, 0.6) is 0 Å². The molecule has 88 valence electrons. The van der Waals surface area contributed by atoms with Gasteiger partial charge in [-0.15, -0.1) is 0 Å². The van der Waals surface area contributed by atoms with Crippen LogP contribution in [0.25, 0.3) is 0 Å². The molecule has 1 atom stereocenters. The first kappa shape index (κ1) is 11.4. The Hall–Kier alpha value is -1.13. The van der Waals surface area contributed by atoms with Gasteiger partial charge in [0.25, 0.3) is 0 Å². The maximum absolute atomic E-state index is 5.54. The number of pyridine rings is 1. The number of hydrogen-bond donors (Lipinski definition) is 1. The van der Waals surface area contributed by atoms with Crippen LogP contribution in [-0.2, 0) is 11.3 Å². The average Bonchev–Trinajstić information content (AvgIpc) is 2.39. The molecule has 0 saturated carbocycles. The zero-order valence-corrected chi connectivity index (χ0v) is 9.72. The molecule has 1 unspecified atom stereocenters. The summed E-state index contributed by atoms with van der Waals surface area (Å²) < 4.78 is 5.49. The Bertz CT molecular complexity index is 326. The molecule has 2 rings (SSSR count). The summed E-state index contributed by atoms with van der Waals surface area (Å²) in [5.41, 5.74) is 7.64. The number of ether oxygens (including phenoxy) is 1. The summed E-state index contributed by atoms with van der Waals surface area (Å²) in [5.74, 6) is 0. The van der Waals surface area contributed by atoms with Gasteiger partial charge in [0.2, 0.25) is 0 Å². The van der Waals surface area contributed by atoms with Gasteiger partial charge in [0.15, 0.2) is 0 Å². The first-order valence-corrected chi connectivity index (χ1v) is 5.84. The van der Waals surface area contributed by atoms with Crippen molar-refractivity contribution in [2.75, 3.05) is 24.7 Å². The molecular weight excluding hydrogens is 202 g/mol. The van der Waals surface area contributed by atoms with Crippen molar-refractivity contribution >= 4 is 5.69 Å². The molecule has 0 amide bonds. The average molecular weight is 221 g/mol. The van der Waals surface area contributed by atoms with E-state index in [1.165, 1.54) is 5.69 Å². The molecule has 2 heterocycles. The molecule has 1 aliphatic rings. The van der Waals surface area contributed by atoms with E-state index >= 15 is 0 Å². The molecule has 1 saturated heterocycles. The second-order valence-corrected chi connectivity index (χ2v) is 4.04. The van der Waals surface area contributed by atoms with Crippen LogP contribution in [0, 0.1) is 0 Å². The highest BCUT2D eigenvalue weighted by atomic mass is 16.5. The third kappa shape index (κ3) is 2.33. The number of hydrogen-bond acceptors (Lipinski definition) is 4. The van der Waals surface area contributed by atoms with Gasteiger partial charge in [-0.25, -0.2) is 0 Å². The Balaban J connectivity index is 2.14.